The highest BCUT2D eigenvalue weighted by molar-refractivity contribution is 5.81. The van der Waals surface area contributed by atoms with E-state index in [4.69, 9.17) is 4.74 Å². The summed E-state index contributed by atoms with van der Waals surface area (Å²) in [6, 6.07) is 9.76. The van der Waals surface area contributed by atoms with Gasteiger partial charge in [-0.3, -0.25) is 9.59 Å². The van der Waals surface area contributed by atoms with E-state index in [1.165, 1.54) is 0 Å². The highest BCUT2D eigenvalue weighted by Gasteiger charge is 2.40. The molecule has 1 saturated carbocycles. The monoisotopic (exact) mass is 299 g/mol. The zero-order valence-corrected chi connectivity index (χ0v) is 12.8. The molecule has 0 unspecified atom stereocenters. The number of ether oxygens (including phenoxy) is 1. The molecule has 4 nitrogen and oxygen atoms in total. The van der Waals surface area contributed by atoms with Gasteiger partial charge in [0.15, 0.2) is 6.61 Å². The number of likely N-dealkylation sites (N-methyl/N-ethyl adjacent to an activating group) is 1. The summed E-state index contributed by atoms with van der Waals surface area (Å²) in [5, 5.41) is 0. The molecule has 22 heavy (non-hydrogen) atoms. The molecule has 0 aromatic heterocycles. The average Bonchev–Trinajstić information content (AvgIpc) is 3.16. The zero-order chi connectivity index (χ0) is 15.5. The Balaban J connectivity index is 1.45. The summed E-state index contributed by atoms with van der Waals surface area (Å²) in [5.41, 5.74) is 1.06. The van der Waals surface area contributed by atoms with E-state index in [0.29, 0.717) is 18.4 Å². The molecule has 1 aromatic rings. The highest BCUT2D eigenvalue weighted by Crippen LogP contribution is 2.43. The van der Waals surface area contributed by atoms with Crippen molar-refractivity contribution in [3.63, 3.8) is 0 Å². The third kappa shape index (κ3) is 3.21. The molecule has 1 amide bonds. The van der Waals surface area contributed by atoms with E-state index >= 15 is 0 Å². The van der Waals surface area contributed by atoms with Crippen LogP contribution in [-0.2, 0) is 20.9 Å². The number of amides is 1. The molecular weight excluding hydrogens is 278 g/mol. The number of allylic oxidation sites excluding steroid dienone is 2. The molecule has 2 bridgehead atoms. The topological polar surface area (TPSA) is 46.6 Å². The lowest BCUT2D eigenvalue weighted by Crippen LogP contribution is -2.32. The second-order valence-corrected chi connectivity index (χ2v) is 6.23. The minimum atomic E-state index is -0.224. The maximum Gasteiger partial charge on any atom is 0.310 e. The highest BCUT2D eigenvalue weighted by atomic mass is 16.5. The Morgan fingerprint density at radius 3 is 2.59 bits per heavy atom. The summed E-state index contributed by atoms with van der Waals surface area (Å²) in [5.74, 6) is 0.394. The van der Waals surface area contributed by atoms with Crippen molar-refractivity contribution in [2.24, 2.45) is 17.8 Å². The summed E-state index contributed by atoms with van der Waals surface area (Å²) in [6.07, 6.45) is 6.23. The molecule has 1 fully saturated rings. The molecule has 3 atom stereocenters. The van der Waals surface area contributed by atoms with Gasteiger partial charge >= 0.3 is 5.97 Å². The van der Waals surface area contributed by atoms with Gasteiger partial charge in [0.25, 0.3) is 5.91 Å². The van der Waals surface area contributed by atoms with E-state index in [1.54, 1.807) is 11.9 Å². The molecule has 2 aliphatic carbocycles. The fraction of sp³-hybridized carbons (Fsp3) is 0.444. The van der Waals surface area contributed by atoms with E-state index in [2.05, 4.69) is 12.2 Å². The van der Waals surface area contributed by atoms with Gasteiger partial charge in [-0.15, -0.1) is 0 Å². The lowest BCUT2D eigenvalue weighted by atomic mass is 9.94. The fourth-order valence-electron chi connectivity index (χ4n) is 3.35. The van der Waals surface area contributed by atoms with Gasteiger partial charge < -0.3 is 9.64 Å². The maximum atomic E-state index is 12.1. The normalized spacial score (nSPS) is 25.2. The number of benzene rings is 1. The first-order valence-corrected chi connectivity index (χ1v) is 7.76. The average molecular weight is 299 g/mol. The van der Waals surface area contributed by atoms with Crippen molar-refractivity contribution in [3.8, 4) is 0 Å². The summed E-state index contributed by atoms with van der Waals surface area (Å²) in [4.78, 5) is 25.7. The SMILES string of the molecule is CN(Cc1ccccc1)C(=O)COC(=O)[C@@H]1C[C@@H]2C=C[C@H]1C2. The van der Waals surface area contributed by atoms with Crippen LogP contribution in [0, 0.1) is 17.8 Å². The summed E-state index contributed by atoms with van der Waals surface area (Å²) in [7, 11) is 1.73. The molecule has 116 valence electrons. The number of hydrogen-bond acceptors (Lipinski definition) is 3. The molecule has 0 spiro atoms. The van der Waals surface area contributed by atoms with Gasteiger partial charge in [-0.2, -0.15) is 0 Å². The van der Waals surface area contributed by atoms with Crippen LogP contribution in [0.2, 0.25) is 0 Å². The van der Waals surface area contributed by atoms with Crippen molar-refractivity contribution >= 4 is 11.9 Å². The van der Waals surface area contributed by atoms with Gasteiger partial charge in [-0.25, -0.2) is 0 Å². The van der Waals surface area contributed by atoms with Crippen LogP contribution < -0.4 is 0 Å². The van der Waals surface area contributed by atoms with Crippen molar-refractivity contribution in [1.29, 1.82) is 0 Å². The van der Waals surface area contributed by atoms with Crippen molar-refractivity contribution in [2.75, 3.05) is 13.7 Å². The number of hydrogen-bond donors (Lipinski definition) is 0. The van der Waals surface area contributed by atoms with Crippen LogP contribution in [0.15, 0.2) is 42.5 Å². The largest absolute Gasteiger partial charge is 0.455 e. The number of rotatable bonds is 5. The van der Waals surface area contributed by atoms with Crippen molar-refractivity contribution in [1.82, 2.24) is 4.90 Å². The molecule has 0 heterocycles. The van der Waals surface area contributed by atoms with Crippen molar-refractivity contribution in [2.45, 2.75) is 19.4 Å². The van der Waals surface area contributed by atoms with Crippen LogP contribution >= 0.6 is 0 Å². The minimum absolute atomic E-state index is 0.0535. The number of carbonyl (C=O) groups is 2. The Bertz CT molecular complexity index is 581. The van der Waals surface area contributed by atoms with Crippen molar-refractivity contribution in [3.05, 3.63) is 48.0 Å². The van der Waals surface area contributed by atoms with Crippen molar-refractivity contribution < 1.29 is 14.3 Å². The quantitative estimate of drug-likeness (QED) is 0.619. The summed E-state index contributed by atoms with van der Waals surface area (Å²) < 4.78 is 5.24. The third-order valence-electron chi connectivity index (χ3n) is 4.61. The molecule has 1 aromatic carbocycles. The van der Waals surface area contributed by atoms with Crippen LogP contribution in [0.5, 0.6) is 0 Å². The van der Waals surface area contributed by atoms with E-state index in [1.807, 2.05) is 30.3 Å². The number of esters is 1. The summed E-state index contributed by atoms with van der Waals surface area (Å²) in [6.45, 7) is 0.355. The molecule has 0 saturated heterocycles. The molecule has 0 radical (unpaired) electrons. The van der Waals surface area contributed by atoms with Crippen LogP contribution in [0.25, 0.3) is 0 Å². The Morgan fingerprint density at radius 2 is 1.95 bits per heavy atom. The third-order valence-corrected chi connectivity index (χ3v) is 4.61. The van der Waals surface area contributed by atoms with Crippen LogP contribution in [-0.4, -0.2) is 30.4 Å². The predicted molar refractivity (Wildman–Crippen MR) is 82.7 cm³/mol. The summed E-state index contributed by atoms with van der Waals surface area (Å²) >= 11 is 0. The van der Waals surface area contributed by atoms with E-state index in [-0.39, 0.29) is 24.4 Å². The number of nitrogens with zero attached hydrogens (tertiary/aromatic N) is 1. The van der Waals surface area contributed by atoms with E-state index < -0.39 is 0 Å². The molecular formula is C18H21NO3. The van der Waals surface area contributed by atoms with Gasteiger partial charge in [0.2, 0.25) is 0 Å². The van der Waals surface area contributed by atoms with Gasteiger partial charge in [-0.1, -0.05) is 42.5 Å². The zero-order valence-electron chi connectivity index (χ0n) is 12.8. The number of carbonyl (C=O) groups excluding carboxylic acids is 2. The second kappa shape index (κ2) is 6.34. The van der Waals surface area contributed by atoms with Crippen LogP contribution in [0.1, 0.15) is 18.4 Å². The molecule has 0 aliphatic heterocycles. The Morgan fingerprint density at radius 1 is 1.18 bits per heavy atom. The first-order chi connectivity index (χ1) is 10.6. The molecule has 3 rings (SSSR count). The Kier molecular flexibility index (Phi) is 4.27. The second-order valence-electron chi connectivity index (χ2n) is 6.23. The molecule has 0 N–H and O–H groups in total. The fourth-order valence-corrected chi connectivity index (χ4v) is 3.35. The first kappa shape index (κ1) is 14.8. The lowest BCUT2D eigenvalue weighted by Gasteiger charge is -2.19. The van der Waals surface area contributed by atoms with E-state index in [9.17, 15) is 9.59 Å². The Hall–Kier alpha value is -2.10. The van der Waals surface area contributed by atoms with E-state index in [0.717, 1.165) is 18.4 Å². The Labute approximate surface area is 130 Å². The first-order valence-electron chi connectivity index (χ1n) is 7.76. The maximum absolute atomic E-state index is 12.1. The van der Waals surface area contributed by atoms with Crippen LogP contribution in [0.3, 0.4) is 0 Å². The minimum Gasteiger partial charge on any atom is -0.455 e. The molecule has 2 aliphatic rings. The lowest BCUT2D eigenvalue weighted by molar-refractivity contribution is -0.156. The predicted octanol–water partition coefficient (Wildman–Crippen LogP) is 2.40. The number of fused-ring (bicyclic) bond motifs is 2. The van der Waals surface area contributed by atoms with Gasteiger partial charge in [-0.05, 0) is 30.2 Å². The molecule has 4 heteroatoms. The van der Waals surface area contributed by atoms with Gasteiger partial charge in [0.1, 0.15) is 0 Å². The van der Waals surface area contributed by atoms with Crippen LogP contribution in [0.4, 0.5) is 0 Å². The standard InChI is InChI=1S/C18H21NO3/c1-19(11-13-5-3-2-4-6-13)17(20)12-22-18(21)16-10-14-7-8-15(16)9-14/h2-8,14-16H,9-12H2,1H3/t14-,15+,16-/m1/s1. The van der Waals surface area contributed by atoms with Gasteiger partial charge in [0, 0.05) is 13.6 Å². The smallest absolute Gasteiger partial charge is 0.310 e. The van der Waals surface area contributed by atoms with Gasteiger partial charge in [0.05, 0.1) is 5.92 Å².